The van der Waals surface area contributed by atoms with Crippen molar-refractivity contribution in [1.82, 2.24) is 4.90 Å². The first-order valence-corrected chi connectivity index (χ1v) is 5.40. The van der Waals surface area contributed by atoms with E-state index < -0.39 is 11.2 Å². The number of rotatable bonds is 7. The van der Waals surface area contributed by atoms with Crippen LogP contribution < -0.4 is 0 Å². The first kappa shape index (κ1) is 13.6. The van der Waals surface area contributed by atoms with Crippen LogP contribution in [0.2, 0.25) is 0 Å². The lowest BCUT2D eigenvalue weighted by atomic mass is 10.5. The maximum Gasteiger partial charge on any atom is 0.388 e. The molecule has 0 aromatic heterocycles. The van der Waals surface area contributed by atoms with Crippen LogP contribution in [0.5, 0.6) is 0 Å². The van der Waals surface area contributed by atoms with E-state index in [-0.39, 0.29) is 17.5 Å². The third kappa shape index (κ3) is 4.76. The Labute approximate surface area is 86.5 Å². The summed E-state index contributed by atoms with van der Waals surface area (Å²) in [7, 11) is 0. The monoisotopic (exact) mass is 227 g/mol. The summed E-state index contributed by atoms with van der Waals surface area (Å²) >= 11 is 0.171. The Morgan fingerprint density at radius 1 is 1.43 bits per heavy atom. The molecule has 1 N–H and O–H groups in total. The molecule has 0 heterocycles. The Bertz CT molecular complexity index is 186. The van der Waals surface area contributed by atoms with Gasteiger partial charge in [-0.25, -0.2) is 4.79 Å². The summed E-state index contributed by atoms with van der Waals surface area (Å²) in [6, 6.07) is 0. The lowest BCUT2D eigenvalue weighted by Gasteiger charge is -2.18. The summed E-state index contributed by atoms with van der Waals surface area (Å²) < 4.78 is 25.1. The molecule has 14 heavy (non-hydrogen) atoms. The van der Waals surface area contributed by atoms with Crippen LogP contribution in [0.4, 0.5) is 8.78 Å². The molecule has 6 heteroatoms. The molecule has 0 unspecified atom stereocenters. The fourth-order valence-electron chi connectivity index (χ4n) is 0.904. The van der Waals surface area contributed by atoms with Gasteiger partial charge in [0.05, 0.1) is 0 Å². The van der Waals surface area contributed by atoms with Crippen molar-refractivity contribution >= 4 is 17.7 Å². The van der Waals surface area contributed by atoms with Crippen LogP contribution in [0, 0.1) is 0 Å². The second-order valence-electron chi connectivity index (χ2n) is 2.70. The zero-order chi connectivity index (χ0) is 11.2. The van der Waals surface area contributed by atoms with Gasteiger partial charge in [0.2, 0.25) is 0 Å². The zero-order valence-corrected chi connectivity index (χ0v) is 9.11. The van der Waals surface area contributed by atoms with Crippen LogP contribution >= 0.6 is 11.8 Å². The number of thioether (sulfide) groups is 1. The zero-order valence-electron chi connectivity index (χ0n) is 8.30. The third-order valence-corrected chi connectivity index (χ3v) is 2.76. The lowest BCUT2D eigenvalue weighted by Crippen LogP contribution is -2.29. The number of aliphatic carboxylic acids is 1. The highest BCUT2D eigenvalue weighted by molar-refractivity contribution is 8.01. The molecular formula is C8H15F2NO2S. The van der Waals surface area contributed by atoms with E-state index in [4.69, 9.17) is 5.11 Å². The normalized spacial score (nSPS) is 12.1. The van der Waals surface area contributed by atoms with E-state index in [1.807, 2.05) is 18.7 Å². The molecular weight excluding hydrogens is 212 g/mol. The highest BCUT2D eigenvalue weighted by Crippen LogP contribution is 2.28. The topological polar surface area (TPSA) is 40.5 Å². The van der Waals surface area contributed by atoms with E-state index in [1.54, 1.807) is 0 Å². The average molecular weight is 227 g/mol. The number of carboxylic acids is 1. The summed E-state index contributed by atoms with van der Waals surface area (Å²) in [6.07, 6.45) is 0. The van der Waals surface area contributed by atoms with E-state index in [9.17, 15) is 13.6 Å². The van der Waals surface area contributed by atoms with Crippen molar-refractivity contribution in [3.8, 4) is 0 Å². The predicted octanol–water partition coefficient (Wildman–Crippen LogP) is 1.74. The van der Waals surface area contributed by atoms with Gasteiger partial charge in [0, 0.05) is 12.3 Å². The SMILES string of the molecule is CCN(CC)CCSC(F)(F)C(=O)O. The Morgan fingerprint density at radius 2 is 1.93 bits per heavy atom. The average Bonchev–Trinajstić information content (AvgIpc) is 2.12. The van der Waals surface area contributed by atoms with E-state index in [1.165, 1.54) is 0 Å². The van der Waals surface area contributed by atoms with E-state index in [0.717, 1.165) is 13.1 Å². The smallest absolute Gasteiger partial charge is 0.388 e. The largest absolute Gasteiger partial charge is 0.476 e. The van der Waals surface area contributed by atoms with Gasteiger partial charge >= 0.3 is 11.2 Å². The van der Waals surface area contributed by atoms with Crippen molar-refractivity contribution in [2.75, 3.05) is 25.4 Å². The number of nitrogens with zero attached hydrogens (tertiary/aromatic N) is 1. The molecule has 0 bridgehead atoms. The molecule has 0 aliphatic carbocycles. The quantitative estimate of drug-likeness (QED) is 0.719. The van der Waals surface area contributed by atoms with Gasteiger partial charge in [-0.1, -0.05) is 25.6 Å². The van der Waals surface area contributed by atoms with Gasteiger partial charge < -0.3 is 10.0 Å². The van der Waals surface area contributed by atoms with Crippen LogP contribution in [0.25, 0.3) is 0 Å². The van der Waals surface area contributed by atoms with Gasteiger partial charge in [-0.3, -0.25) is 0 Å². The minimum absolute atomic E-state index is 0.126. The first-order chi connectivity index (χ1) is 6.44. The number of carboxylic acid groups (broad SMARTS) is 1. The lowest BCUT2D eigenvalue weighted by molar-refractivity contribution is -0.152. The van der Waals surface area contributed by atoms with E-state index in [2.05, 4.69) is 0 Å². The molecule has 0 aliphatic heterocycles. The van der Waals surface area contributed by atoms with E-state index in [0.29, 0.717) is 6.54 Å². The highest BCUT2D eigenvalue weighted by Gasteiger charge is 2.39. The molecule has 0 amide bonds. The Morgan fingerprint density at radius 3 is 2.29 bits per heavy atom. The van der Waals surface area contributed by atoms with Crippen molar-refractivity contribution in [2.24, 2.45) is 0 Å². The molecule has 0 aromatic carbocycles. The summed E-state index contributed by atoms with van der Waals surface area (Å²) in [5.74, 6) is -1.94. The molecule has 0 saturated carbocycles. The van der Waals surface area contributed by atoms with Gasteiger partial charge in [-0.2, -0.15) is 8.78 Å². The van der Waals surface area contributed by atoms with Crippen molar-refractivity contribution in [3.63, 3.8) is 0 Å². The summed E-state index contributed by atoms with van der Waals surface area (Å²) in [5, 5.41) is 4.48. The first-order valence-electron chi connectivity index (χ1n) is 4.41. The minimum atomic E-state index is -3.66. The van der Waals surface area contributed by atoms with Gasteiger partial charge in [0.1, 0.15) is 0 Å². The minimum Gasteiger partial charge on any atom is -0.476 e. The summed E-state index contributed by atoms with van der Waals surface area (Å²) in [4.78, 5) is 12.0. The molecule has 3 nitrogen and oxygen atoms in total. The van der Waals surface area contributed by atoms with Crippen molar-refractivity contribution < 1.29 is 18.7 Å². The van der Waals surface area contributed by atoms with Gasteiger partial charge in [0.25, 0.3) is 0 Å². The number of alkyl halides is 2. The molecule has 0 fully saturated rings. The Hall–Kier alpha value is -0.360. The molecule has 0 radical (unpaired) electrons. The van der Waals surface area contributed by atoms with Crippen LogP contribution in [0.3, 0.4) is 0 Å². The summed E-state index contributed by atoms with van der Waals surface area (Å²) in [6.45, 7) is 5.93. The Kier molecular flexibility index (Phi) is 6.03. The third-order valence-electron chi connectivity index (χ3n) is 1.83. The second kappa shape index (κ2) is 6.19. The maximum atomic E-state index is 12.5. The number of hydrogen-bond acceptors (Lipinski definition) is 3. The van der Waals surface area contributed by atoms with Crippen LogP contribution in [0.15, 0.2) is 0 Å². The highest BCUT2D eigenvalue weighted by atomic mass is 32.2. The predicted molar refractivity (Wildman–Crippen MR) is 52.8 cm³/mol. The van der Waals surface area contributed by atoms with E-state index >= 15 is 0 Å². The molecule has 84 valence electrons. The summed E-state index contributed by atoms with van der Waals surface area (Å²) in [5.41, 5.74) is 0. The number of halogens is 2. The van der Waals surface area contributed by atoms with Crippen molar-refractivity contribution in [2.45, 2.75) is 19.1 Å². The van der Waals surface area contributed by atoms with Crippen LogP contribution in [-0.2, 0) is 4.79 Å². The molecule has 0 spiro atoms. The van der Waals surface area contributed by atoms with Crippen LogP contribution in [0.1, 0.15) is 13.8 Å². The number of hydrogen-bond donors (Lipinski definition) is 1. The fourth-order valence-corrected chi connectivity index (χ4v) is 1.63. The van der Waals surface area contributed by atoms with Crippen LogP contribution in [-0.4, -0.2) is 46.6 Å². The molecule has 0 rings (SSSR count). The standard InChI is InChI=1S/C8H15F2NO2S/c1-3-11(4-2)5-6-14-8(9,10)7(12)13/h3-6H2,1-2H3,(H,12,13). The molecule has 0 aromatic rings. The molecule has 0 saturated heterocycles. The Balaban J connectivity index is 3.78. The van der Waals surface area contributed by atoms with Gasteiger partial charge in [-0.05, 0) is 13.1 Å². The molecule has 0 atom stereocenters. The van der Waals surface area contributed by atoms with Crippen molar-refractivity contribution in [3.05, 3.63) is 0 Å². The van der Waals surface area contributed by atoms with Gasteiger partial charge in [-0.15, -0.1) is 0 Å². The fraction of sp³-hybridized carbons (Fsp3) is 0.875. The molecule has 0 aliphatic rings. The maximum absolute atomic E-state index is 12.5. The van der Waals surface area contributed by atoms with Crippen molar-refractivity contribution in [1.29, 1.82) is 0 Å². The number of carbonyl (C=O) groups is 1. The second-order valence-corrected chi connectivity index (χ2v) is 3.91. The van der Waals surface area contributed by atoms with Gasteiger partial charge in [0.15, 0.2) is 0 Å².